The lowest BCUT2D eigenvalue weighted by Crippen LogP contribution is -2.41. The van der Waals surface area contributed by atoms with Gasteiger partial charge in [-0.05, 0) is 19.3 Å². The van der Waals surface area contributed by atoms with Crippen LogP contribution in [-0.4, -0.2) is 40.8 Å². The first-order valence-electron chi connectivity index (χ1n) is 6.94. The van der Waals surface area contributed by atoms with Crippen LogP contribution in [0.15, 0.2) is 6.20 Å². The molecule has 1 aliphatic heterocycles. The maximum atomic E-state index is 5.24. The fourth-order valence-electron chi connectivity index (χ4n) is 2.46. The van der Waals surface area contributed by atoms with Gasteiger partial charge in [-0.3, -0.25) is 4.90 Å². The van der Waals surface area contributed by atoms with Gasteiger partial charge >= 0.3 is 0 Å². The molecule has 1 aromatic heterocycles. The van der Waals surface area contributed by atoms with Gasteiger partial charge in [-0.2, -0.15) is 0 Å². The van der Waals surface area contributed by atoms with E-state index in [0.29, 0.717) is 12.0 Å². The number of hydrogen-bond acceptors (Lipinski definition) is 3. The number of aromatic nitrogens is 2. The quantitative estimate of drug-likeness (QED) is 0.804. The zero-order valence-electron chi connectivity index (χ0n) is 12.0. The molecule has 0 N–H and O–H groups in total. The molecule has 2 heterocycles. The molecular formula is C14H25N3O. The largest absolute Gasteiger partial charge is 0.383 e. The number of rotatable bonds is 5. The first-order valence-corrected chi connectivity index (χ1v) is 6.94. The monoisotopic (exact) mass is 251 g/mol. The van der Waals surface area contributed by atoms with Crippen molar-refractivity contribution in [2.75, 3.05) is 20.3 Å². The summed E-state index contributed by atoms with van der Waals surface area (Å²) in [6, 6.07) is 0.465. The molecule has 2 atom stereocenters. The molecule has 1 aromatic rings. The maximum absolute atomic E-state index is 5.24. The Bertz CT molecular complexity index is 388. The molecule has 0 saturated heterocycles. The van der Waals surface area contributed by atoms with E-state index in [0.717, 1.165) is 32.7 Å². The molecule has 4 heteroatoms. The number of imidazole rings is 1. The van der Waals surface area contributed by atoms with Gasteiger partial charge in [0.05, 0.1) is 18.8 Å². The Morgan fingerprint density at radius 3 is 2.83 bits per heavy atom. The Hall–Kier alpha value is -0.870. The molecule has 0 aliphatic carbocycles. The second-order valence-corrected chi connectivity index (χ2v) is 5.36. The van der Waals surface area contributed by atoms with Crippen molar-refractivity contribution in [2.45, 2.75) is 52.2 Å². The molecular weight excluding hydrogens is 226 g/mol. The van der Waals surface area contributed by atoms with E-state index in [1.807, 2.05) is 0 Å². The highest BCUT2D eigenvalue weighted by Gasteiger charge is 2.23. The molecule has 0 bridgehead atoms. The van der Waals surface area contributed by atoms with Gasteiger partial charge in [0.2, 0.25) is 0 Å². The maximum Gasteiger partial charge on any atom is 0.123 e. The second kappa shape index (κ2) is 5.85. The normalized spacial score (nSPS) is 19.6. The van der Waals surface area contributed by atoms with Gasteiger partial charge in [-0.15, -0.1) is 0 Å². The first kappa shape index (κ1) is 13.6. The molecule has 0 aromatic carbocycles. The van der Waals surface area contributed by atoms with Crippen LogP contribution in [0.25, 0.3) is 0 Å². The Balaban J connectivity index is 2.07. The SMILES string of the molecule is CCC(C)c1cn2c(n1)CN(C(C)COC)CC2. The molecule has 102 valence electrons. The summed E-state index contributed by atoms with van der Waals surface area (Å²) in [6.45, 7) is 10.6. The molecule has 1 aliphatic rings. The van der Waals surface area contributed by atoms with Crippen molar-refractivity contribution in [3.63, 3.8) is 0 Å². The second-order valence-electron chi connectivity index (χ2n) is 5.36. The molecule has 0 spiro atoms. The van der Waals surface area contributed by atoms with Crippen LogP contribution < -0.4 is 0 Å². The average molecular weight is 251 g/mol. The number of nitrogens with zero attached hydrogens (tertiary/aromatic N) is 3. The Morgan fingerprint density at radius 2 is 2.17 bits per heavy atom. The molecule has 0 radical (unpaired) electrons. The van der Waals surface area contributed by atoms with Crippen LogP contribution in [0, 0.1) is 0 Å². The van der Waals surface area contributed by atoms with Gasteiger partial charge in [-0.25, -0.2) is 4.98 Å². The summed E-state index contributed by atoms with van der Waals surface area (Å²) in [5.74, 6) is 1.77. The minimum Gasteiger partial charge on any atom is -0.383 e. The van der Waals surface area contributed by atoms with Gasteiger partial charge in [0, 0.05) is 32.4 Å². The van der Waals surface area contributed by atoms with Gasteiger partial charge in [0.15, 0.2) is 0 Å². The molecule has 18 heavy (non-hydrogen) atoms. The highest BCUT2D eigenvalue weighted by molar-refractivity contribution is 5.10. The molecule has 0 amide bonds. The Morgan fingerprint density at radius 1 is 1.39 bits per heavy atom. The Labute approximate surface area is 110 Å². The zero-order valence-corrected chi connectivity index (χ0v) is 12.0. The van der Waals surface area contributed by atoms with E-state index >= 15 is 0 Å². The van der Waals surface area contributed by atoms with Crippen LogP contribution >= 0.6 is 0 Å². The van der Waals surface area contributed by atoms with E-state index in [-0.39, 0.29) is 0 Å². The lowest BCUT2D eigenvalue weighted by molar-refractivity contribution is 0.0804. The summed E-state index contributed by atoms with van der Waals surface area (Å²) in [6.07, 6.45) is 3.39. The third kappa shape index (κ3) is 2.75. The molecule has 2 unspecified atom stereocenters. The summed E-state index contributed by atoms with van der Waals surface area (Å²) in [7, 11) is 1.77. The van der Waals surface area contributed by atoms with Crippen LogP contribution in [0.1, 0.15) is 44.6 Å². The van der Waals surface area contributed by atoms with Crippen molar-refractivity contribution in [2.24, 2.45) is 0 Å². The fourth-order valence-corrected chi connectivity index (χ4v) is 2.46. The summed E-state index contributed by atoms with van der Waals surface area (Å²) in [5, 5.41) is 0. The van der Waals surface area contributed by atoms with Crippen LogP contribution in [0.2, 0.25) is 0 Å². The first-order chi connectivity index (χ1) is 8.65. The topological polar surface area (TPSA) is 30.3 Å². The van der Waals surface area contributed by atoms with Crippen LogP contribution in [-0.2, 0) is 17.8 Å². The summed E-state index contributed by atoms with van der Waals surface area (Å²) < 4.78 is 7.55. The van der Waals surface area contributed by atoms with E-state index in [1.54, 1.807) is 7.11 Å². The van der Waals surface area contributed by atoms with Crippen LogP contribution in [0.3, 0.4) is 0 Å². The van der Waals surface area contributed by atoms with Crippen LogP contribution in [0.4, 0.5) is 0 Å². The standard InChI is InChI=1S/C14H25N3O/c1-5-11(2)13-8-17-7-6-16(9-14(17)15-13)12(3)10-18-4/h8,11-12H,5-7,9-10H2,1-4H3. The van der Waals surface area contributed by atoms with Crippen LogP contribution in [0.5, 0.6) is 0 Å². The van der Waals surface area contributed by atoms with E-state index in [2.05, 4.69) is 36.4 Å². The van der Waals surface area contributed by atoms with Gasteiger partial charge in [-0.1, -0.05) is 13.8 Å². The summed E-state index contributed by atoms with van der Waals surface area (Å²) in [5.41, 5.74) is 1.24. The molecule has 4 nitrogen and oxygen atoms in total. The molecule has 0 fully saturated rings. The smallest absolute Gasteiger partial charge is 0.123 e. The number of methoxy groups -OCH3 is 1. The zero-order chi connectivity index (χ0) is 13.1. The lowest BCUT2D eigenvalue weighted by Gasteiger charge is -2.32. The lowest BCUT2D eigenvalue weighted by atomic mass is 10.1. The highest BCUT2D eigenvalue weighted by atomic mass is 16.5. The molecule has 0 saturated carbocycles. The predicted molar refractivity (Wildman–Crippen MR) is 72.7 cm³/mol. The van der Waals surface area contributed by atoms with Crippen molar-refractivity contribution in [1.29, 1.82) is 0 Å². The van der Waals surface area contributed by atoms with Gasteiger partial charge < -0.3 is 9.30 Å². The van der Waals surface area contributed by atoms with E-state index in [1.165, 1.54) is 11.5 Å². The third-order valence-corrected chi connectivity index (χ3v) is 4.00. The number of ether oxygens (including phenoxy) is 1. The van der Waals surface area contributed by atoms with Crippen molar-refractivity contribution >= 4 is 0 Å². The van der Waals surface area contributed by atoms with Gasteiger partial charge in [0.1, 0.15) is 5.82 Å². The van der Waals surface area contributed by atoms with Gasteiger partial charge in [0.25, 0.3) is 0 Å². The van der Waals surface area contributed by atoms with E-state index in [9.17, 15) is 0 Å². The van der Waals surface area contributed by atoms with E-state index in [4.69, 9.17) is 9.72 Å². The number of fused-ring (bicyclic) bond motifs is 1. The summed E-state index contributed by atoms with van der Waals surface area (Å²) in [4.78, 5) is 7.25. The Kier molecular flexibility index (Phi) is 4.40. The van der Waals surface area contributed by atoms with Crippen molar-refractivity contribution in [3.05, 3.63) is 17.7 Å². The third-order valence-electron chi connectivity index (χ3n) is 4.00. The minimum absolute atomic E-state index is 0.465. The summed E-state index contributed by atoms with van der Waals surface area (Å²) >= 11 is 0. The van der Waals surface area contributed by atoms with Crippen molar-refractivity contribution in [1.82, 2.24) is 14.5 Å². The highest BCUT2D eigenvalue weighted by Crippen LogP contribution is 2.21. The van der Waals surface area contributed by atoms with Crippen molar-refractivity contribution < 1.29 is 4.74 Å². The number of hydrogen-bond donors (Lipinski definition) is 0. The fraction of sp³-hybridized carbons (Fsp3) is 0.786. The predicted octanol–water partition coefficient (Wildman–Crippen LogP) is 2.25. The van der Waals surface area contributed by atoms with E-state index < -0.39 is 0 Å². The average Bonchev–Trinajstić information content (AvgIpc) is 2.80. The minimum atomic E-state index is 0.465. The van der Waals surface area contributed by atoms with Crippen molar-refractivity contribution in [3.8, 4) is 0 Å². The molecule has 2 rings (SSSR count).